The molecule has 3 aromatic rings. The molecule has 1 saturated heterocycles. The van der Waals surface area contributed by atoms with Crippen molar-refractivity contribution in [2.75, 3.05) is 13.1 Å². The zero-order valence-corrected chi connectivity index (χ0v) is 17.3. The van der Waals surface area contributed by atoms with E-state index in [1.54, 1.807) is 0 Å². The minimum atomic E-state index is -0.0663. The van der Waals surface area contributed by atoms with E-state index in [1.807, 2.05) is 55.9 Å². The van der Waals surface area contributed by atoms with Crippen molar-refractivity contribution in [1.29, 1.82) is 0 Å². The van der Waals surface area contributed by atoms with Crippen LogP contribution in [0, 0.1) is 20.8 Å². The summed E-state index contributed by atoms with van der Waals surface area (Å²) in [6.45, 7) is 8.35. The Hall–Kier alpha value is -3.00. The normalized spacial score (nSPS) is 19.6. The number of aryl methyl sites for hydroxylation is 3. The molecule has 1 fully saturated rings. The molecule has 3 heterocycles. The molecule has 29 heavy (non-hydrogen) atoms. The molecule has 0 saturated carbocycles. The van der Waals surface area contributed by atoms with Crippen LogP contribution in [0.4, 0.5) is 0 Å². The fourth-order valence-corrected chi connectivity index (χ4v) is 4.06. The third-order valence-electron chi connectivity index (χ3n) is 5.73. The number of hydrogen-bond acceptors (Lipinski definition) is 5. The first kappa shape index (κ1) is 19.3. The van der Waals surface area contributed by atoms with E-state index in [2.05, 4.69) is 37.4 Å². The van der Waals surface area contributed by atoms with Crippen LogP contribution >= 0.6 is 0 Å². The van der Waals surface area contributed by atoms with Crippen LogP contribution in [0.15, 0.2) is 30.3 Å². The van der Waals surface area contributed by atoms with Gasteiger partial charge in [0.15, 0.2) is 5.82 Å². The Kier molecular flexibility index (Phi) is 5.19. The number of nitrogens with one attached hydrogen (secondary N) is 2. The minimum absolute atomic E-state index is 0.0323. The van der Waals surface area contributed by atoms with E-state index >= 15 is 0 Å². The van der Waals surface area contributed by atoms with Crippen LogP contribution in [-0.2, 0) is 13.6 Å². The molecule has 1 aliphatic rings. The zero-order valence-electron chi connectivity index (χ0n) is 17.3. The lowest BCUT2D eigenvalue weighted by Crippen LogP contribution is -2.40. The average Bonchev–Trinajstić information content (AvgIpc) is 3.37. The Morgan fingerprint density at radius 1 is 1.21 bits per heavy atom. The SMILES string of the molecule is Cc1nc([C@@H]2CN(Cc3c(C)nn(C)c3C)C[C@H]2NC(=O)c2ccccc2)n[nH]1. The molecule has 1 aromatic carbocycles. The number of amides is 1. The lowest BCUT2D eigenvalue weighted by molar-refractivity contribution is 0.0934. The summed E-state index contributed by atoms with van der Waals surface area (Å²) in [6, 6.07) is 9.26. The Morgan fingerprint density at radius 2 is 1.97 bits per heavy atom. The Balaban J connectivity index is 1.55. The molecule has 4 rings (SSSR count). The summed E-state index contributed by atoms with van der Waals surface area (Å²) in [7, 11) is 1.97. The third-order valence-corrected chi connectivity index (χ3v) is 5.73. The molecule has 1 amide bonds. The van der Waals surface area contributed by atoms with Gasteiger partial charge in [-0.25, -0.2) is 4.98 Å². The second-order valence-corrected chi connectivity index (χ2v) is 7.80. The molecule has 152 valence electrons. The topological polar surface area (TPSA) is 91.7 Å². The number of carbonyl (C=O) groups excluding carboxylic acids is 1. The van der Waals surface area contributed by atoms with Crippen LogP contribution < -0.4 is 5.32 Å². The predicted octanol–water partition coefficient (Wildman–Crippen LogP) is 1.86. The molecule has 0 spiro atoms. The van der Waals surface area contributed by atoms with Crippen molar-refractivity contribution >= 4 is 5.91 Å². The molecule has 0 unspecified atom stereocenters. The first-order valence-electron chi connectivity index (χ1n) is 9.88. The van der Waals surface area contributed by atoms with Crippen LogP contribution in [0.3, 0.4) is 0 Å². The van der Waals surface area contributed by atoms with E-state index in [-0.39, 0.29) is 17.9 Å². The van der Waals surface area contributed by atoms with Gasteiger partial charge in [0.2, 0.25) is 0 Å². The van der Waals surface area contributed by atoms with Gasteiger partial charge in [-0.1, -0.05) is 18.2 Å². The van der Waals surface area contributed by atoms with E-state index in [1.165, 1.54) is 11.3 Å². The number of aromatic amines is 1. The lowest BCUT2D eigenvalue weighted by atomic mass is 10.0. The molecule has 0 radical (unpaired) electrons. The summed E-state index contributed by atoms with van der Waals surface area (Å²) in [5.41, 5.74) is 4.12. The number of likely N-dealkylation sites (tertiary alicyclic amines) is 1. The number of benzene rings is 1. The van der Waals surface area contributed by atoms with Gasteiger partial charge in [-0.15, -0.1) is 0 Å². The number of rotatable bonds is 5. The quantitative estimate of drug-likeness (QED) is 0.690. The standard InChI is InChI=1S/C21H27N7O/c1-13-17(14(2)27(4)26-13)10-28-11-18(20-22-15(3)24-25-20)19(12-28)23-21(29)16-8-6-5-7-9-16/h5-9,18-19H,10-12H2,1-4H3,(H,23,29)(H,22,24,25)/t18-,19-/m1/s1. The van der Waals surface area contributed by atoms with Crippen molar-refractivity contribution in [3.05, 3.63) is 64.5 Å². The molecular weight excluding hydrogens is 366 g/mol. The molecule has 1 aliphatic heterocycles. The Labute approximate surface area is 170 Å². The van der Waals surface area contributed by atoms with Crippen molar-refractivity contribution in [3.63, 3.8) is 0 Å². The largest absolute Gasteiger partial charge is 0.347 e. The second kappa shape index (κ2) is 7.79. The van der Waals surface area contributed by atoms with Crippen molar-refractivity contribution in [2.45, 2.75) is 39.3 Å². The van der Waals surface area contributed by atoms with Crippen LogP contribution in [0.25, 0.3) is 0 Å². The van der Waals surface area contributed by atoms with Gasteiger partial charge in [-0.05, 0) is 32.9 Å². The second-order valence-electron chi connectivity index (χ2n) is 7.80. The van der Waals surface area contributed by atoms with E-state index < -0.39 is 0 Å². The third kappa shape index (κ3) is 3.93. The molecule has 2 atom stereocenters. The number of carbonyl (C=O) groups is 1. The molecular formula is C21H27N7O. The van der Waals surface area contributed by atoms with Crippen LogP contribution in [-0.4, -0.2) is 54.9 Å². The number of aromatic nitrogens is 5. The highest BCUT2D eigenvalue weighted by Gasteiger charge is 2.37. The van der Waals surface area contributed by atoms with E-state index in [0.717, 1.165) is 37.0 Å². The lowest BCUT2D eigenvalue weighted by Gasteiger charge is -2.18. The fraction of sp³-hybridized carbons (Fsp3) is 0.429. The van der Waals surface area contributed by atoms with Gasteiger partial charge in [-0.3, -0.25) is 19.5 Å². The van der Waals surface area contributed by atoms with Crippen molar-refractivity contribution in [2.24, 2.45) is 7.05 Å². The maximum Gasteiger partial charge on any atom is 0.251 e. The maximum absolute atomic E-state index is 12.8. The molecule has 8 heteroatoms. The summed E-state index contributed by atoms with van der Waals surface area (Å²) >= 11 is 0. The van der Waals surface area contributed by atoms with Gasteiger partial charge < -0.3 is 5.32 Å². The first-order chi connectivity index (χ1) is 13.9. The van der Waals surface area contributed by atoms with E-state index in [0.29, 0.717) is 5.56 Å². The predicted molar refractivity (Wildman–Crippen MR) is 110 cm³/mol. The Bertz CT molecular complexity index is 1010. The summed E-state index contributed by atoms with van der Waals surface area (Å²) in [5.74, 6) is 1.50. The molecule has 2 N–H and O–H groups in total. The van der Waals surface area contributed by atoms with Crippen molar-refractivity contribution in [1.82, 2.24) is 35.2 Å². The van der Waals surface area contributed by atoms with Gasteiger partial charge >= 0.3 is 0 Å². The monoisotopic (exact) mass is 393 g/mol. The number of nitrogens with zero attached hydrogens (tertiary/aromatic N) is 5. The fourth-order valence-electron chi connectivity index (χ4n) is 4.06. The Morgan fingerprint density at radius 3 is 2.59 bits per heavy atom. The van der Waals surface area contributed by atoms with Crippen LogP contribution in [0.1, 0.15) is 44.9 Å². The highest BCUT2D eigenvalue weighted by atomic mass is 16.1. The number of hydrogen-bond donors (Lipinski definition) is 2. The van der Waals surface area contributed by atoms with Crippen LogP contribution in [0.2, 0.25) is 0 Å². The van der Waals surface area contributed by atoms with Gasteiger partial charge in [-0.2, -0.15) is 10.2 Å². The molecule has 8 nitrogen and oxygen atoms in total. The molecule has 2 aromatic heterocycles. The van der Waals surface area contributed by atoms with E-state index in [9.17, 15) is 4.79 Å². The van der Waals surface area contributed by atoms with Gasteiger partial charge in [0.1, 0.15) is 5.82 Å². The molecule has 0 aliphatic carbocycles. The minimum Gasteiger partial charge on any atom is -0.347 e. The highest BCUT2D eigenvalue weighted by Crippen LogP contribution is 2.28. The average molecular weight is 393 g/mol. The maximum atomic E-state index is 12.8. The van der Waals surface area contributed by atoms with Crippen molar-refractivity contribution in [3.8, 4) is 0 Å². The molecule has 0 bridgehead atoms. The van der Waals surface area contributed by atoms with Crippen molar-refractivity contribution < 1.29 is 4.79 Å². The summed E-state index contributed by atoms with van der Waals surface area (Å²) < 4.78 is 1.92. The number of H-pyrrole nitrogens is 1. The first-order valence-corrected chi connectivity index (χ1v) is 9.88. The van der Waals surface area contributed by atoms with Crippen LogP contribution in [0.5, 0.6) is 0 Å². The summed E-state index contributed by atoms with van der Waals surface area (Å²) in [6.07, 6.45) is 0. The van der Waals surface area contributed by atoms with Gasteiger partial charge in [0.05, 0.1) is 17.7 Å². The highest BCUT2D eigenvalue weighted by molar-refractivity contribution is 5.94. The van der Waals surface area contributed by atoms with Gasteiger partial charge in [0.25, 0.3) is 5.91 Å². The summed E-state index contributed by atoms with van der Waals surface area (Å²) in [4.78, 5) is 19.7. The van der Waals surface area contributed by atoms with Gasteiger partial charge in [0, 0.05) is 43.5 Å². The summed E-state index contributed by atoms with van der Waals surface area (Å²) in [5, 5.41) is 15.0. The van der Waals surface area contributed by atoms with E-state index in [4.69, 9.17) is 0 Å². The zero-order chi connectivity index (χ0) is 20.5. The smallest absolute Gasteiger partial charge is 0.251 e.